The largest absolute Gasteiger partial charge is 0.399 e. The molecule has 2 rings (SSSR count). The molecule has 0 radical (unpaired) electrons. The molecule has 0 aliphatic heterocycles. The highest BCUT2D eigenvalue weighted by Gasteiger charge is 2.30. The van der Waals surface area contributed by atoms with Crippen molar-refractivity contribution in [2.45, 2.75) is 25.7 Å². The van der Waals surface area contributed by atoms with Gasteiger partial charge in [0.05, 0.1) is 5.41 Å². The fourth-order valence-electron chi connectivity index (χ4n) is 1.97. The van der Waals surface area contributed by atoms with E-state index in [9.17, 15) is 4.79 Å². The van der Waals surface area contributed by atoms with Crippen LogP contribution in [0, 0.1) is 0 Å². The van der Waals surface area contributed by atoms with Crippen molar-refractivity contribution >= 4 is 22.9 Å². The van der Waals surface area contributed by atoms with Crippen molar-refractivity contribution in [2.75, 3.05) is 12.3 Å². The molecule has 0 aliphatic carbocycles. The predicted octanol–water partition coefficient (Wildman–Crippen LogP) is 2.97. The van der Waals surface area contributed by atoms with Crippen molar-refractivity contribution in [1.29, 1.82) is 0 Å². The molecule has 0 fully saturated rings. The van der Waals surface area contributed by atoms with Crippen LogP contribution in [-0.2, 0) is 16.6 Å². The third-order valence-corrected chi connectivity index (χ3v) is 4.58. The fourth-order valence-corrected chi connectivity index (χ4v) is 2.82. The van der Waals surface area contributed by atoms with E-state index < -0.39 is 5.41 Å². The maximum absolute atomic E-state index is 12.3. The number of benzene rings is 1. The minimum atomic E-state index is -0.477. The Morgan fingerprint density at radius 2 is 1.95 bits per heavy atom. The van der Waals surface area contributed by atoms with E-state index in [1.165, 1.54) is 5.56 Å². The minimum absolute atomic E-state index is 0.0652. The van der Waals surface area contributed by atoms with Crippen molar-refractivity contribution in [3.8, 4) is 0 Å². The molecule has 20 heavy (non-hydrogen) atoms. The zero-order chi connectivity index (χ0) is 14.6. The topological polar surface area (TPSA) is 55.1 Å². The number of hydrogen-bond donors (Lipinski definition) is 2. The van der Waals surface area contributed by atoms with Gasteiger partial charge in [0.1, 0.15) is 0 Å². The van der Waals surface area contributed by atoms with Gasteiger partial charge in [0.2, 0.25) is 5.91 Å². The second-order valence-electron chi connectivity index (χ2n) is 5.35. The summed E-state index contributed by atoms with van der Waals surface area (Å²) in [6.45, 7) is 4.55. The van der Waals surface area contributed by atoms with Crippen LogP contribution >= 0.6 is 11.3 Å². The minimum Gasteiger partial charge on any atom is -0.399 e. The molecule has 2 aromatic rings. The van der Waals surface area contributed by atoms with Crippen LogP contribution in [0.25, 0.3) is 0 Å². The predicted molar refractivity (Wildman–Crippen MR) is 84.9 cm³/mol. The Hall–Kier alpha value is -1.81. The van der Waals surface area contributed by atoms with Crippen LogP contribution in [0.15, 0.2) is 41.8 Å². The van der Waals surface area contributed by atoms with Gasteiger partial charge in [-0.1, -0.05) is 18.2 Å². The normalized spacial score (nSPS) is 11.3. The monoisotopic (exact) mass is 288 g/mol. The molecular formula is C16H20N2OS. The average molecular weight is 288 g/mol. The van der Waals surface area contributed by atoms with Crippen molar-refractivity contribution in [1.82, 2.24) is 5.32 Å². The highest BCUT2D eigenvalue weighted by atomic mass is 32.1. The van der Waals surface area contributed by atoms with E-state index in [4.69, 9.17) is 5.73 Å². The van der Waals surface area contributed by atoms with Crippen LogP contribution in [0.5, 0.6) is 0 Å². The van der Waals surface area contributed by atoms with Gasteiger partial charge >= 0.3 is 0 Å². The number of nitrogen functional groups attached to an aromatic ring is 1. The lowest BCUT2D eigenvalue weighted by molar-refractivity contribution is -0.125. The van der Waals surface area contributed by atoms with Gasteiger partial charge in [0.25, 0.3) is 0 Å². The third-order valence-electron chi connectivity index (χ3n) is 3.38. The van der Waals surface area contributed by atoms with E-state index in [1.807, 2.05) is 55.6 Å². The van der Waals surface area contributed by atoms with Gasteiger partial charge in [-0.05, 0) is 49.4 Å². The molecule has 106 valence electrons. The van der Waals surface area contributed by atoms with Gasteiger partial charge in [0.15, 0.2) is 0 Å². The second-order valence-corrected chi connectivity index (χ2v) is 6.30. The first-order chi connectivity index (χ1) is 9.50. The van der Waals surface area contributed by atoms with E-state index in [1.54, 1.807) is 11.3 Å². The number of thiophene rings is 1. The van der Waals surface area contributed by atoms with E-state index in [2.05, 4.69) is 5.32 Å². The Balaban J connectivity index is 1.88. The Labute approximate surface area is 123 Å². The van der Waals surface area contributed by atoms with Crippen LogP contribution in [0.4, 0.5) is 5.69 Å². The molecule has 0 atom stereocenters. The van der Waals surface area contributed by atoms with Crippen LogP contribution in [-0.4, -0.2) is 12.5 Å². The zero-order valence-electron chi connectivity index (χ0n) is 11.8. The average Bonchev–Trinajstić information content (AvgIpc) is 2.95. The molecule has 0 unspecified atom stereocenters. The van der Waals surface area contributed by atoms with Gasteiger partial charge in [-0.25, -0.2) is 0 Å². The lowest BCUT2D eigenvalue weighted by Gasteiger charge is -2.22. The SMILES string of the molecule is CC(C)(C(=O)NCCc1ccc(N)cc1)c1cccs1. The second kappa shape index (κ2) is 6.09. The molecule has 0 aliphatic rings. The van der Waals surface area contributed by atoms with Gasteiger partial charge < -0.3 is 11.1 Å². The van der Waals surface area contributed by atoms with Crippen LogP contribution < -0.4 is 11.1 Å². The maximum atomic E-state index is 12.3. The summed E-state index contributed by atoms with van der Waals surface area (Å²) in [5.41, 5.74) is 7.10. The number of amides is 1. The molecule has 0 saturated carbocycles. The van der Waals surface area contributed by atoms with Gasteiger partial charge in [-0.15, -0.1) is 11.3 Å². The van der Waals surface area contributed by atoms with Crippen LogP contribution in [0.2, 0.25) is 0 Å². The van der Waals surface area contributed by atoms with E-state index in [0.29, 0.717) is 6.54 Å². The molecule has 0 saturated heterocycles. The Bertz CT molecular complexity index is 559. The van der Waals surface area contributed by atoms with Crippen LogP contribution in [0.3, 0.4) is 0 Å². The first-order valence-electron chi connectivity index (χ1n) is 6.67. The van der Waals surface area contributed by atoms with Gasteiger partial charge in [-0.3, -0.25) is 4.79 Å². The first kappa shape index (κ1) is 14.6. The van der Waals surface area contributed by atoms with Crippen molar-refractivity contribution in [2.24, 2.45) is 0 Å². The third kappa shape index (κ3) is 3.39. The summed E-state index contributed by atoms with van der Waals surface area (Å²) in [6, 6.07) is 11.7. The van der Waals surface area contributed by atoms with Crippen molar-refractivity contribution in [3.05, 3.63) is 52.2 Å². The first-order valence-corrected chi connectivity index (χ1v) is 7.55. The molecule has 3 N–H and O–H groups in total. The summed E-state index contributed by atoms with van der Waals surface area (Å²) in [6.07, 6.45) is 0.812. The molecule has 0 spiro atoms. The Morgan fingerprint density at radius 1 is 1.25 bits per heavy atom. The lowest BCUT2D eigenvalue weighted by atomic mass is 9.90. The number of nitrogens with one attached hydrogen (secondary N) is 1. The Morgan fingerprint density at radius 3 is 2.55 bits per heavy atom. The van der Waals surface area contributed by atoms with Crippen molar-refractivity contribution < 1.29 is 4.79 Å². The number of rotatable bonds is 5. The van der Waals surface area contributed by atoms with E-state index in [-0.39, 0.29) is 5.91 Å². The maximum Gasteiger partial charge on any atom is 0.230 e. The van der Waals surface area contributed by atoms with Gasteiger partial charge in [0, 0.05) is 17.1 Å². The summed E-state index contributed by atoms with van der Waals surface area (Å²) in [5.74, 6) is 0.0652. The highest BCUT2D eigenvalue weighted by Crippen LogP contribution is 2.27. The number of nitrogens with two attached hydrogens (primary N) is 1. The summed E-state index contributed by atoms with van der Waals surface area (Å²) < 4.78 is 0. The summed E-state index contributed by atoms with van der Waals surface area (Å²) in [7, 11) is 0. The molecular weight excluding hydrogens is 268 g/mol. The zero-order valence-corrected chi connectivity index (χ0v) is 12.7. The van der Waals surface area contributed by atoms with Gasteiger partial charge in [-0.2, -0.15) is 0 Å². The lowest BCUT2D eigenvalue weighted by Crippen LogP contribution is -2.40. The summed E-state index contributed by atoms with van der Waals surface area (Å²) >= 11 is 1.61. The quantitative estimate of drug-likeness (QED) is 0.831. The smallest absolute Gasteiger partial charge is 0.230 e. The summed E-state index contributed by atoms with van der Waals surface area (Å²) in [4.78, 5) is 13.4. The molecule has 1 aromatic heterocycles. The standard InChI is InChI=1S/C16H20N2OS/c1-16(2,14-4-3-11-20-14)15(19)18-10-9-12-5-7-13(17)8-6-12/h3-8,11H,9-10,17H2,1-2H3,(H,18,19). The Kier molecular flexibility index (Phi) is 4.45. The van der Waals surface area contributed by atoms with E-state index >= 15 is 0 Å². The van der Waals surface area contributed by atoms with Crippen molar-refractivity contribution in [3.63, 3.8) is 0 Å². The molecule has 0 bridgehead atoms. The summed E-state index contributed by atoms with van der Waals surface area (Å²) in [5, 5.41) is 5.01. The number of carbonyl (C=O) groups is 1. The molecule has 1 aromatic carbocycles. The molecule has 1 heterocycles. The highest BCUT2D eigenvalue weighted by molar-refractivity contribution is 7.10. The molecule has 1 amide bonds. The molecule has 4 heteroatoms. The molecule has 3 nitrogen and oxygen atoms in total. The van der Waals surface area contributed by atoms with E-state index in [0.717, 1.165) is 17.0 Å². The number of hydrogen-bond acceptors (Lipinski definition) is 3. The number of carbonyl (C=O) groups excluding carboxylic acids is 1. The van der Waals surface area contributed by atoms with Crippen LogP contribution in [0.1, 0.15) is 24.3 Å². The number of anilines is 1. The fraction of sp³-hybridized carbons (Fsp3) is 0.312.